The third kappa shape index (κ3) is 5.32. The van der Waals surface area contributed by atoms with Crippen molar-refractivity contribution in [3.05, 3.63) is 12.4 Å². The predicted molar refractivity (Wildman–Crippen MR) is 86.7 cm³/mol. The van der Waals surface area contributed by atoms with Crippen molar-refractivity contribution in [2.24, 2.45) is 0 Å². The van der Waals surface area contributed by atoms with Crippen molar-refractivity contribution in [1.82, 2.24) is 14.5 Å². The average molecular weight is 294 g/mol. The summed E-state index contributed by atoms with van der Waals surface area (Å²) >= 11 is 0. The van der Waals surface area contributed by atoms with Crippen LogP contribution < -0.4 is 5.32 Å². The molecule has 0 aliphatic carbocycles. The Bertz CT molecular complexity index is 387. The maximum Gasteiger partial charge on any atom is 0.202 e. The maximum absolute atomic E-state index is 5.35. The molecule has 120 valence electrons. The molecule has 0 bridgehead atoms. The average Bonchev–Trinajstić information content (AvgIpc) is 2.95. The van der Waals surface area contributed by atoms with E-state index in [1.807, 2.05) is 13.1 Å². The van der Waals surface area contributed by atoms with Gasteiger partial charge in [0, 0.05) is 44.7 Å². The fraction of sp³-hybridized carbons (Fsp3) is 0.812. The molecule has 5 nitrogen and oxygen atoms in total. The summed E-state index contributed by atoms with van der Waals surface area (Å²) < 4.78 is 7.59. The molecule has 1 aliphatic rings. The summed E-state index contributed by atoms with van der Waals surface area (Å²) in [4.78, 5) is 7.02. The number of imidazole rings is 1. The van der Waals surface area contributed by atoms with Gasteiger partial charge in [-0.3, -0.25) is 4.90 Å². The Labute approximate surface area is 128 Å². The van der Waals surface area contributed by atoms with Gasteiger partial charge in [0.05, 0.1) is 0 Å². The molecule has 1 saturated heterocycles. The summed E-state index contributed by atoms with van der Waals surface area (Å²) in [5, 5.41) is 3.41. The Morgan fingerprint density at radius 1 is 1.33 bits per heavy atom. The molecule has 1 aliphatic heterocycles. The Morgan fingerprint density at radius 2 is 2.14 bits per heavy atom. The molecule has 5 heteroatoms. The Morgan fingerprint density at radius 3 is 2.90 bits per heavy atom. The summed E-state index contributed by atoms with van der Waals surface area (Å²) in [6.45, 7) is 10.4. The van der Waals surface area contributed by atoms with Gasteiger partial charge in [0.15, 0.2) is 0 Å². The largest absolute Gasteiger partial charge is 0.382 e. The van der Waals surface area contributed by atoms with Crippen LogP contribution in [0, 0.1) is 0 Å². The molecule has 21 heavy (non-hydrogen) atoms. The minimum absolute atomic E-state index is 0.573. The van der Waals surface area contributed by atoms with Gasteiger partial charge in [0.25, 0.3) is 0 Å². The fourth-order valence-electron chi connectivity index (χ4n) is 2.90. The van der Waals surface area contributed by atoms with E-state index in [0.29, 0.717) is 6.04 Å². The summed E-state index contributed by atoms with van der Waals surface area (Å²) in [5.74, 6) is 0.982. The zero-order valence-corrected chi connectivity index (χ0v) is 13.6. The SMILES string of the molecule is CCOCCCNc1nccn1CC(C)N1CCCCC1. The van der Waals surface area contributed by atoms with Gasteiger partial charge in [-0.1, -0.05) is 6.42 Å². The van der Waals surface area contributed by atoms with Gasteiger partial charge in [0.2, 0.25) is 5.95 Å². The van der Waals surface area contributed by atoms with E-state index < -0.39 is 0 Å². The summed E-state index contributed by atoms with van der Waals surface area (Å²) in [5.41, 5.74) is 0. The van der Waals surface area contributed by atoms with Crippen molar-refractivity contribution in [2.45, 2.75) is 52.1 Å². The summed E-state index contributed by atoms with van der Waals surface area (Å²) in [7, 11) is 0. The first kappa shape index (κ1) is 16.3. The zero-order chi connectivity index (χ0) is 14.9. The van der Waals surface area contributed by atoms with Crippen LogP contribution >= 0.6 is 0 Å². The van der Waals surface area contributed by atoms with E-state index in [9.17, 15) is 0 Å². The second-order valence-electron chi connectivity index (χ2n) is 5.83. The number of hydrogen-bond donors (Lipinski definition) is 1. The second-order valence-corrected chi connectivity index (χ2v) is 5.83. The van der Waals surface area contributed by atoms with Crippen molar-refractivity contribution >= 4 is 5.95 Å². The highest BCUT2D eigenvalue weighted by atomic mass is 16.5. The predicted octanol–water partition coefficient (Wildman–Crippen LogP) is 2.60. The lowest BCUT2D eigenvalue weighted by atomic mass is 10.1. The number of ether oxygens (including phenoxy) is 1. The fourth-order valence-corrected chi connectivity index (χ4v) is 2.90. The van der Waals surface area contributed by atoms with E-state index >= 15 is 0 Å². The van der Waals surface area contributed by atoms with Gasteiger partial charge in [-0.05, 0) is 46.2 Å². The molecule has 1 aromatic heterocycles. The molecule has 1 atom stereocenters. The molecule has 0 saturated carbocycles. The quantitative estimate of drug-likeness (QED) is 0.711. The molecule has 1 aromatic rings. The maximum atomic E-state index is 5.35. The lowest BCUT2D eigenvalue weighted by Gasteiger charge is -2.32. The van der Waals surface area contributed by atoms with E-state index in [-0.39, 0.29) is 0 Å². The van der Waals surface area contributed by atoms with E-state index in [4.69, 9.17) is 4.74 Å². The molecule has 1 fully saturated rings. The smallest absolute Gasteiger partial charge is 0.202 e. The van der Waals surface area contributed by atoms with E-state index in [1.165, 1.54) is 32.4 Å². The van der Waals surface area contributed by atoms with E-state index in [2.05, 4.69) is 32.9 Å². The number of rotatable bonds is 9. The van der Waals surface area contributed by atoms with Crippen LogP contribution in [-0.2, 0) is 11.3 Å². The molecule has 1 N–H and O–H groups in total. The van der Waals surface area contributed by atoms with E-state index in [0.717, 1.165) is 38.7 Å². The third-order valence-electron chi connectivity index (χ3n) is 4.14. The minimum atomic E-state index is 0.573. The highest BCUT2D eigenvalue weighted by Crippen LogP contribution is 2.15. The van der Waals surface area contributed by atoms with Crippen LogP contribution in [0.1, 0.15) is 39.5 Å². The van der Waals surface area contributed by atoms with Gasteiger partial charge in [0.1, 0.15) is 0 Å². The van der Waals surface area contributed by atoms with Crippen LogP contribution in [0.3, 0.4) is 0 Å². The van der Waals surface area contributed by atoms with Crippen LogP contribution in [-0.4, -0.2) is 53.3 Å². The number of hydrogen-bond acceptors (Lipinski definition) is 4. The highest BCUT2D eigenvalue weighted by Gasteiger charge is 2.17. The van der Waals surface area contributed by atoms with Crippen molar-refractivity contribution in [1.29, 1.82) is 0 Å². The molecule has 2 rings (SSSR count). The van der Waals surface area contributed by atoms with Gasteiger partial charge in [-0.15, -0.1) is 0 Å². The van der Waals surface area contributed by atoms with Gasteiger partial charge in [-0.25, -0.2) is 4.98 Å². The molecule has 0 amide bonds. The first-order valence-corrected chi connectivity index (χ1v) is 8.38. The van der Waals surface area contributed by atoms with Crippen LogP contribution in [0.5, 0.6) is 0 Å². The standard InChI is InChI=1S/C16H30N4O/c1-3-21-13-7-8-17-16-18-9-12-20(16)14-15(2)19-10-5-4-6-11-19/h9,12,15H,3-8,10-11,13-14H2,1-2H3,(H,17,18). The lowest BCUT2D eigenvalue weighted by Crippen LogP contribution is -2.39. The highest BCUT2D eigenvalue weighted by molar-refractivity contribution is 5.25. The number of aromatic nitrogens is 2. The van der Waals surface area contributed by atoms with Crippen molar-refractivity contribution in [3.63, 3.8) is 0 Å². The monoisotopic (exact) mass is 294 g/mol. The van der Waals surface area contributed by atoms with Gasteiger partial charge < -0.3 is 14.6 Å². The van der Waals surface area contributed by atoms with Crippen LogP contribution in [0.2, 0.25) is 0 Å². The van der Waals surface area contributed by atoms with Gasteiger partial charge >= 0.3 is 0 Å². The number of nitrogens with zero attached hydrogens (tertiary/aromatic N) is 3. The normalized spacial score (nSPS) is 17.8. The first-order chi connectivity index (χ1) is 10.3. The van der Waals surface area contributed by atoms with Gasteiger partial charge in [-0.2, -0.15) is 0 Å². The van der Waals surface area contributed by atoms with Crippen molar-refractivity contribution in [3.8, 4) is 0 Å². The zero-order valence-electron chi connectivity index (χ0n) is 13.6. The molecule has 0 spiro atoms. The van der Waals surface area contributed by atoms with Crippen molar-refractivity contribution in [2.75, 3.05) is 38.2 Å². The number of piperidine rings is 1. The minimum Gasteiger partial charge on any atom is -0.382 e. The molecular formula is C16H30N4O. The topological polar surface area (TPSA) is 42.3 Å². The first-order valence-electron chi connectivity index (χ1n) is 8.38. The molecule has 0 radical (unpaired) electrons. The molecule has 2 heterocycles. The lowest BCUT2D eigenvalue weighted by molar-refractivity contribution is 0.147. The Balaban J connectivity index is 1.76. The van der Waals surface area contributed by atoms with E-state index in [1.54, 1.807) is 0 Å². The Hall–Kier alpha value is -1.07. The third-order valence-corrected chi connectivity index (χ3v) is 4.14. The Kier molecular flexibility index (Phi) is 7.03. The summed E-state index contributed by atoms with van der Waals surface area (Å²) in [6.07, 6.45) is 9.05. The molecule has 1 unspecified atom stereocenters. The van der Waals surface area contributed by atoms with Crippen LogP contribution in [0.15, 0.2) is 12.4 Å². The molecular weight excluding hydrogens is 264 g/mol. The molecule has 0 aromatic carbocycles. The summed E-state index contributed by atoms with van der Waals surface area (Å²) in [6, 6.07) is 0.573. The number of nitrogens with one attached hydrogen (secondary N) is 1. The number of anilines is 1. The second kappa shape index (κ2) is 9.05. The van der Waals surface area contributed by atoms with Crippen molar-refractivity contribution < 1.29 is 4.74 Å². The van der Waals surface area contributed by atoms with Crippen LogP contribution in [0.4, 0.5) is 5.95 Å². The number of likely N-dealkylation sites (tertiary alicyclic amines) is 1. The van der Waals surface area contributed by atoms with Crippen LogP contribution in [0.25, 0.3) is 0 Å².